The third-order valence-corrected chi connectivity index (χ3v) is 2.51. The molecule has 1 heterocycles. The second kappa shape index (κ2) is 5.74. The Kier molecular flexibility index (Phi) is 4.60. The molecule has 0 saturated carbocycles. The Balaban J connectivity index is 2.34. The van der Waals surface area contributed by atoms with Crippen LogP contribution in [0, 0.1) is 12.3 Å². The van der Waals surface area contributed by atoms with Crippen molar-refractivity contribution in [3.05, 3.63) is 0 Å². The molecule has 0 aromatic heterocycles. The molecule has 1 amide bonds. The molecule has 1 rings (SSSR count). The number of nitrogens with one attached hydrogen (secondary N) is 1. The molecule has 1 saturated heterocycles. The molecule has 1 fully saturated rings. The third kappa shape index (κ3) is 3.90. The van der Waals surface area contributed by atoms with Crippen LogP contribution in [0.2, 0.25) is 0 Å². The number of hydrogen-bond acceptors (Lipinski definition) is 3. The van der Waals surface area contributed by atoms with E-state index in [-0.39, 0.29) is 24.5 Å². The second-order valence-corrected chi connectivity index (χ2v) is 3.93. The standard InChI is InChI=1S/C11H18N2O2/c1-3-4-10(12)11(14)13-9-5-6-15-8(2)7-9/h1,8-10H,4-7,12H2,2H3,(H,13,14). The molecule has 3 N–H and O–H groups in total. The van der Waals surface area contributed by atoms with Gasteiger partial charge in [0.1, 0.15) is 0 Å². The lowest BCUT2D eigenvalue weighted by Gasteiger charge is -2.28. The van der Waals surface area contributed by atoms with Gasteiger partial charge in [0, 0.05) is 19.1 Å². The average Bonchev–Trinajstić information content (AvgIpc) is 2.18. The number of amides is 1. The summed E-state index contributed by atoms with van der Waals surface area (Å²) in [5.74, 6) is 2.22. The van der Waals surface area contributed by atoms with E-state index in [2.05, 4.69) is 11.2 Å². The highest BCUT2D eigenvalue weighted by atomic mass is 16.5. The molecule has 3 unspecified atom stereocenters. The predicted octanol–water partition coefficient (Wildman–Crippen LogP) is 0.0207. The summed E-state index contributed by atoms with van der Waals surface area (Å²) >= 11 is 0. The lowest BCUT2D eigenvalue weighted by Crippen LogP contribution is -2.48. The molecule has 0 aromatic carbocycles. The number of rotatable bonds is 3. The van der Waals surface area contributed by atoms with E-state index in [1.165, 1.54) is 0 Å². The molecule has 0 bridgehead atoms. The van der Waals surface area contributed by atoms with Crippen molar-refractivity contribution < 1.29 is 9.53 Å². The number of carbonyl (C=O) groups is 1. The molecule has 84 valence electrons. The monoisotopic (exact) mass is 210 g/mol. The fraction of sp³-hybridized carbons (Fsp3) is 0.727. The van der Waals surface area contributed by atoms with Crippen LogP contribution in [0.4, 0.5) is 0 Å². The minimum atomic E-state index is -0.590. The maximum absolute atomic E-state index is 11.5. The van der Waals surface area contributed by atoms with E-state index in [1.807, 2.05) is 6.92 Å². The van der Waals surface area contributed by atoms with Gasteiger partial charge in [-0.2, -0.15) is 0 Å². The van der Waals surface area contributed by atoms with Crippen LogP contribution in [0.5, 0.6) is 0 Å². The van der Waals surface area contributed by atoms with Gasteiger partial charge in [-0.3, -0.25) is 4.79 Å². The minimum absolute atomic E-state index is 0.160. The first kappa shape index (κ1) is 12.0. The summed E-state index contributed by atoms with van der Waals surface area (Å²) in [7, 11) is 0. The van der Waals surface area contributed by atoms with Crippen molar-refractivity contribution in [2.24, 2.45) is 5.73 Å². The van der Waals surface area contributed by atoms with Gasteiger partial charge in [-0.25, -0.2) is 0 Å². The van der Waals surface area contributed by atoms with Crippen molar-refractivity contribution >= 4 is 5.91 Å². The molecule has 1 aliphatic heterocycles. The largest absolute Gasteiger partial charge is 0.378 e. The van der Waals surface area contributed by atoms with Crippen molar-refractivity contribution in [1.82, 2.24) is 5.32 Å². The van der Waals surface area contributed by atoms with Crippen molar-refractivity contribution in [2.75, 3.05) is 6.61 Å². The summed E-state index contributed by atoms with van der Waals surface area (Å²) in [6.45, 7) is 2.69. The molecule has 15 heavy (non-hydrogen) atoms. The van der Waals surface area contributed by atoms with E-state index in [0.717, 1.165) is 12.8 Å². The molecule has 0 radical (unpaired) electrons. The zero-order valence-corrected chi connectivity index (χ0v) is 9.03. The molecule has 3 atom stereocenters. The lowest BCUT2D eigenvalue weighted by atomic mass is 10.0. The van der Waals surface area contributed by atoms with Crippen molar-refractivity contribution in [1.29, 1.82) is 0 Å². The van der Waals surface area contributed by atoms with E-state index in [1.54, 1.807) is 0 Å². The van der Waals surface area contributed by atoms with Gasteiger partial charge in [0.15, 0.2) is 0 Å². The van der Waals surface area contributed by atoms with E-state index < -0.39 is 6.04 Å². The first-order valence-electron chi connectivity index (χ1n) is 5.24. The van der Waals surface area contributed by atoms with Crippen molar-refractivity contribution in [3.63, 3.8) is 0 Å². The molecule has 4 heteroatoms. The van der Waals surface area contributed by atoms with Crippen LogP contribution in [-0.4, -0.2) is 30.7 Å². The Hall–Kier alpha value is -1.05. The molecule has 0 aromatic rings. The Labute approximate surface area is 90.5 Å². The Morgan fingerprint density at radius 3 is 3.13 bits per heavy atom. The maximum Gasteiger partial charge on any atom is 0.238 e. The quantitative estimate of drug-likeness (QED) is 0.645. The van der Waals surface area contributed by atoms with Gasteiger partial charge < -0.3 is 15.8 Å². The van der Waals surface area contributed by atoms with Crippen LogP contribution in [-0.2, 0) is 9.53 Å². The zero-order valence-electron chi connectivity index (χ0n) is 9.03. The van der Waals surface area contributed by atoms with Gasteiger partial charge in [0.2, 0.25) is 5.91 Å². The van der Waals surface area contributed by atoms with Crippen LogP contribution in [0.15, 0.2) is 0 Å². The van der Waals surface area contributed by atoms with Gasteiger partial charge in [-0.1, -0.05) is 0 Å². The topological polar surface area (TPSA) is 64.4 Å². The predicted molar refractivity (Wildman–Crippen MR) is 58.0 cm³/mol. The normalized spacial score (nSPS) is 27.8. The highest BCUT2D eigenvalue weighted by Crippen LogP contribution is 2.13. The Morgan fingerprint density at radius 2 is 2.53 bits per heavy atom. The highest BCUT2D eigenvalue weighted by molar-refractivity contribution is 5.82. The summed E-state index contributed by atoms with van der Waals surface area (Å²) in [4.78, 5) is 11.5. The van der Waals surface area contributed by atoms with Crippen molar-refractivity contribution in [3.8, 4) is 12.3 Å². The van der Waals surface area contributed by atoms with Gasteiger partial charge in [-0.05, 0) is 19.8 Å². The first-order chi connectivity index (χ1) is 7.13. The number of nitrogens with two attached hydrogens (primary N) is 1. The fourth-order valence-electron chi connectivity index (χ4n) is 1.66. The number of hydrogen-bond donors (Lipinski definition) is 2. The van der Waals surface area contributed by atoms with E-state index in [9.17, 15) is 4.79 Å². The summed E-state index contributed by atoms with van der Waals surface area (Å²) < 4.78 is 5.38. The molecular weight excluding hydrogens is 192 g/mol. The Morgan fingerprint density at radius 1 is 1.80 bits per heavy atom. The lowest BCUT2D eigenvalue weighted by molar-refractivity contribution is -0.123. The first-order valence-corrected chi connectivity index (χ1v) is 5.24. The summed E-state index contributed by atoms with van der Waals surface area (Å²) in [5, 5.41) is 2.89. The van der Waals surface area contributed by atoms with Gasteiger partial charge in [0.05, 0.1) is 12.1 Å². The minimum Gasteiger partial charge on any atom is -0.378 e. The highest BCUT2D eigenvalue weighted by Gasteiger charge is 2.22. The van der Waals surface area contributed by atoms with Crippen LogP contribution < -0.4 is 11.1 Å². The number of ether oxygens (including phenoxy) is 1. The van der Waals surface area contributed by atoms with Crippen LogP contribution in [0.1, 0.15) is 26.2 Å². The van der Waals surface area contributed by atoms with Crippen LogP contribution in [0.3, 0.4) is 0 Å². The SMILES string of the molecule is C#CCC(N)C(=O)NC1CCOC(C)C1. The Bertz CT molecular complexity index is 260. The van der Waals surface area contributed by atoms with E-state index in [0.29, 0.717) is 6.61 Å². The molecular formula is C11H18N2O2. The molecule has 0 spiro atoms. The molecule has 4 nitrogen and oxygen atoms in total. The van der Waals surface area contributed by atoms with Crippen molar-refractivity contribution in [2.45, 2.75) is 44.4 Å². The smallest absolute Gasteiger partial charge is 0.238 e. The molecule has 0 aliphatic carbocycles. The van der Waals surface area contributed by atoms with Gasteiger partial charge in [-0.15, -0.1) is 12.3 Å². The third-order valence-electron chi connectivity index (χ3n) is 2.51. The van der Waals surface area contributed by atoms with E-state index in [4.69, 9.17) is 16.9 Å². The number of carbonyl (C=O) groups excluding carboxylic acids is 1. The second-order valence-electron chi connectivity index (χ2n) is 3.93. The summed E-state index contributed by atoms with van der Waals surface area (Å²) in [6.07, 6.45) is 7.26. The average molecular weight is 210 g/mol. The maximum atomic E-state index is 11.5. The fourth-order valence-corrected chi connectivity index (χ4v) is 1.66. The van der Waals surface area contributed by atoms with Gasteiger partial charge >= 0.3 is 0 Å². The summed E-state index contributed by atoms with van der Waals surface area (Å²) in [5.41, 5.74) is 5.59. The molecule has 1 aliphatic rings. The van der Waals surface area contributed by atoms with Crippen LogP contribution >= 0.6 is 0 Å². The van der Waals surface area contributed by atoms with Crippen LogP contribution in [0.25, 0.3) is 0 Å². The summed E-state index contributed by atoms with van der Waals surface area (Å²) in [6, 6.07) is -0.418. The van der Waals surface area contributed by atoms with E-state index >= 15 is 0 Å². The zero-order chi connectivity index (χ0) is 11.3. The van der Waals surface area contributed by atoms with Gasteiger partial charge in [0.25, 0.3) is 0 Å². The number of terminal acetylenes is 1.